The summed E-state index contributed by atoms with van der Waals surface area (Å²) in [5.74, 6) is -0.138. The second-order valence-corrected chi connectivity index (χ2v) is 15.0. The van der Waals surface area contributed by atoms with E-state index >= 15 is 0 Å². The van der Waals surface area contributed by atoms with Crippen molar-refractivity contribution < 1.29 is 29.6 Å². The zero-order chi connectivity index (χ0) is 32.9. The SMILES string of the molecule is CC(C)C[C@H](C[C@@H](O)[C@H](Cc1ccccc1)NC(=O)OC(C)(C)C)C(=O)N[C@@H](CC1CCCCC1)[C@@H](O)[C@@H](CO)CC(C)C. The number of hydrogen-bond acceptors (Lipinski definition) is 6. The molecule has 2 amide bonds. The maximum absolute atomic E-state index is 14.0. The number of nitrogens with one attached hydrogen (secondary N) is 2. The van der Waals surface area contributed by atoms with E-state index in [1.54, 1.807) is 20.8 Å². The number of ether oxygens (including phenoxy) is 1. The summed E-state index contributed by atoms with van der Waals surface area (Å²) in [7, 11) is 0. The third kappa shape index (κ3) is 14.3. The van der Waals surface area contributed by atoms with Gasteiger partial charge in [-0.1, -0.05) is 90.1 Å². The molecule has 44 heavy (non-hydrogen) atoms. The molecule has 0 spiro atoms. The van der Waals surface area contributed by atoms with E-state index in [1.165, 1.54) is 6.42 Å². The van der Waals surface area contributed by atoms with Gasteiger partial charge in [0.1, 0.15) is 5.60 Å². The third-order valence-electron chi connectivity index (χ3n) is 8.66. The molecule has 1 fully saturated rings. The van der Waals surface area contributed by atoms with Gasteiger partial charge in [-0.15, -0.1) is 0 Å². The molecule has 0 bridgehead atoms. The lowest BCUT2D eigenvalue weighted by atomic mass is 9.80. The molecule has 8 nitrogen and oxygen atoms in total. The molecule has 1 aromatic rings. The van der Waals surface area contributed by atoms with Gasteiger partial charge in [0.15, 0.2) is 0 Å². The minimum atomic E-state index is -1.01. The van der Waals surface area contributed by atoms with Gasteiger partial charge in [-0.3, -0.25) is 4.79 Å². The standard InChI is InChI=1S/C36H62N2O6/c1-24(2)18-28(22-32(40)30(20-26-14-10-8-11-15-26)38-35(43)44-36(5,6)7)34(42)37-31(21-27-16-12-9-13-17-27)33(41)29(23-39)19-25(3)4/h8,10-11,14-15,24-25,27-33,39-41H,9,12-13,16-23H2,1-7H3,(H,37,42)(H,38,43)/t28-,29-,30+,31+,32-,33+/m1/s1. The van der Waals surface area contributed by atoms with Gasteiger partial charge >= 0.3 is 6.09 Å². The highest BCUT2D eigenvalue weighted by Crippen LogP contribution is 2.31. The van der Waals surface area contributed by atoms with Crippen LogP contribution >= 0.6 is 0 Å². The summed E-state index contributed by atoms with van der Waals surface area (Å²) in [6, 6.07) is 8.49. The number of benzene rings is 1. The Labute approximate surface area is 266 Å². The normalized spacial score (nSPS) is 18.7. The zero-order valence-corrected chi connectivity index (χ0v) is 28.4. The van der Waals surface area contributed by atoms with Gasteiger partial charge in [0.05, 0.1) is 24.3 Å². The van der Waals surface area contributed by atoms with E-state index in [1.807, 2.05) is 44.2 Å². The minimum Gasteiger partial charge on any atom is -0.444 e. The summed E-state index contributed by atoms with van der Waals surface area (Å²) in [5.41, 5.74) is 0.260. The minimum absolute atomic E-state index is 0.137. The molecule has 6 atom stereocenters. The summed E-state index contributed by atoms with van der Waals surface area (Å²) < 4.78 is 5.50. The molecule has 1 saturated carbocycles. The number of alkyl carbamates (subject to hydrolysis) is 1. The lowest BCUT2D eigenvalue weighted by molar-refractivity contribution is -0.129. The number of amides is 2. The molecule has 252 valence electrons. The third-order valence-corrected chi connectivity index (χ3v) is 8.66. The van der Waals surface area contributed by atoms with Crippen molar-refractivity contribution in [3.63, 3.8) is 0 Å². The largest absolute Gasteiger partial charge is 0.444 e. The second-order valence-electron chi connectivity index (χ2n) is 15.0. The summed E-state index contributed by atoms with van der Waals surface area (Å²) in [6.07, 6.45) is 5.65. The van der Waals surface area contributed by atoms with Gasteiger partial charge in [-0.2, -0.15) is 0 Å². The Morgan fingerprint density at radius 1 is 0.886 bits per heavy atom. The predicted octanol–water partition coefficient (Wildman–Crippen LogP) is 6.01. The molecule has 8 heteroatoms. The smallest absolute Gasteiger partial charge is 0.407 e. The molecule has 5 N–H and O–H groups in total. The van der Waals surface area contributed by atoms with E-state index in [2.05, 4.69) is 24.5 Å². The van der Waals surface area contributed by atoms with E-state index < -0.39 is 41.9 Å². The maximum atomic E-state index is 14.0. The average Bonchev–Trinajstić information content (AvgIpc) is 2.94. The zero-order valence-electron chi connectivity index (χ0n) is 28.4. The monoisotopic (exact) mass is 618 g/mol. The van der Waals surface area contributed by atoms with E-state index in [0.29, 0.717) is 37.5 Å². The molecule has 0 aromatic heterocycles. The van der Waals surface area contributed by atoms with Crippen molar-refractivity contribution in [2.45, 2.75) is 143 Å². The molecule has 1 aliphatic carbocycles. The van der Waals surface area contributed by atoms with E-state index in [0.717, 1.165) is 31.2 Å². The van der Waals surface area contributed by atoms with Crippen LogP contribution in [0.15, 0.2) is 30.3 Å². The Bertz CT molecular complexity index is 957. The van der Waals surface area contributed by atoms with Crippen LogP contribution in [0.2, 0.25) is 0 Å². The van der Waals surface area contributed by atoms with Gasteiger partial charge < -0.3 is 30.7 Å². The molecule has 2 rings (SSSR count). The van der Waals surface area contributed by atoms with Crippen LogP contribution in [0, 0.1) is 29.6 Å². The maximum Gasteiger partial charge on any atom is 0.407 e. The van der Waals surface area contributed by atoms with Crippen LogP contribution in [-0.2, 0) is 16.0 Å². The highest BCUT2D eigenvalue weighted by Gasteiger charge is 2.35. The highest BCUT2D eigenvalue weighted by molar-refractivity contribution is 5.79. The molecule has 0 heterocycles. The lowest BCUT2D eigenvalue weighted by Crippen LogP contribution is -2.52. The predicted molar refractivity (Wildman–Crippen MR) is 176 cm³/mol. The summed E-state index contributed by atoms with van der Waals surface area (Å²) in [6.45, 7) is 13.5. The summed E-state index contributed by atoms with van der Waals surface area (Å²) in [5, 5.41) is 39.3. The van der Waals surface area contributed by atoms with Gasteiger partial charge in [0, 0.05) is 18.4 Å². The topological polar surface area (TPSA) is 128 Å². The fourth-order valence-electron chi connectivity index (χ4n) is 6.57. The molecular weight excluding hydrogens is 556 g/mol. The number of aliphatic hydroxyl groups is 3. The molecular formula is C36H62N2O6. The van der Waals surface area contributed by atoms with Crippen LogP contribution < -0.4 is 10.6 Å². The van der Waals surface area contributed by atoms with E-state index in [-0.39, 0.29) is 30.8 Å². The van der Waals surface area contributed by atoms with Crippen molar-refractivity contribution in [1.29, 1.82) is 0 Å². The van der Waals surface area contributed by atoms with Crippen molar-refractivity contribution in [2.24, 2.45) is 29.6 Å². The van der Waals surface area contributed by atoms with Crippen LogP contribution in [0.5, 0.6) is 0 Å². The first kappa shape index (κ1) is 38.0. The van der Waals surface area contributed by atoms with Crippen molar-refractivity contribution >= 4 is 12.0 Å². The number of aliphatic hydroxyl groups excluding tert-OH is 3. The van der Waals surface area contributed by atoms with Crippen LogP contribution in [0.1, 0.15) is 112 Å². The first-order chi connectivity index (χ1) is 20.7. The number of carbonyl (C=O) groups is 2. The first-order valence-corrected chi connectivity index (χ1v) is 17.0. The fraction of sp³-hybridized carbons (Fsp3) is 0.778. The Balaban J connectivity index is 2.27. The lowest BCUT2D eigenvalue weighted by Gasteiger charge is -2.35. The Kier molecular flexibility index (Phi) is 16.2. The summed E-state index contributed by atoms with van der Waals surface area (Å²) >= 11 is 0. The highest BCUT2D eigenvalue weighted by atomic mass is 16.6. The molecule has 0 saturated heterocycles. The van der Waals surface area contributed by atoms with Crippen LogP contribution in [0.4, 0.5) is 4.79 Å². The molecule has 0 unspecified atom stereocenters. The van der Waals surface area contributed by atoms with Crippen molar-refractivity contribution in [1.82, 2.24) is 10.6 Å². The van der Waals surface area contributed by atoms with Crippen LogP contribution in [-0.4, -0.2) is 63.8 Å². The van der Waals surface area contributed by atoms with Crippen molar-refractivity contribution in [3.8, 4) is 0 Å². The summed E-state index contributed by atoms with van der Waals surface area (Å²) in [4.78, 5) is 26.8. The average molecular weight is 619 g/mol. The van der Waals surface area contributed by atoms with Crippen molar-refractivity contribution in [2.75, 3.05) is 6.61 Å². The van der Waals surface area contributed by atoms with E-state index in [9.17, 15) is 24.9 Å². The number of hydrogen-bond donors (Lipinski definition) is 5. The van der Waals surface area contributed by atoms with Gasteiger partial charge in [-0.05, 0) is 76.2 Å². The number of carbonyl (C=O) groups excluding carboxylic acids is 2. The van der Waals surface area contributed by atoms with E-state index in [4.69, 9.17) is 4.74 Å². The van der Waals surface area contributed by atoms with Crippen LogP contribution in [0.3, 0.4) is 0 Å². The van der Waals surface area contributed by atoms with Crippen molar-refractivity contribution in [3.05, 3.63) is 35.9 Å². The molecule has 1 aromatic carbocycles. The molecule has 0 radical (unpaired) electrons. The second kappa shape index (κ2) is 18.7. The number of rotatable bonds is 17. The first-order valence-electron chi connectivity index (χ1n) is 17.0. The van der Waals surface area contributed by atoms with Crippen LogP contribution in [0.25, 0.3) is 0 Å². The fourth-order valence-corrected chi connectivity index (χ4v) is 6.57. The van der Waals surface area contributed by atoms with Gasteiger partial charge in [0.2, 0.25) is 5.91 Å². The van der Waals surface area contributed by atoms with Gasteiger partial charge in [-0.25, -0.2) is 4.79 Å². The molecule has 1 aliphatic rings. The molecule has 0 aliphatic heterocycles. The van der Waals surface area contributed by atoms with Gasteiger partial charge in [0.25, 0.3) is 0 Å². The Hall–Kier alpha value is -2.16. The Morgan fingerprint density at radius 3 is 2.05 bits per heavy atom. The quantitative estimate of drug-likeness (QED) is 0.146. The Morgan fingerprint density at radius 2 is 1.50 bits per heavy atom.